The summed E-state index contributed by atoms with van der Waals surface area (Å²) >= 11 is 0. The fourth-order valence-electron chi connectivity index (χ4n) is 5.14. The predicted octanol–water partition coefficient (Wildman–Crippen LogP) is 9.11. The molecule has 0 amide bonds. The lowest BCUT2D eigenvalue weighted by Gasteiger charge is -2.18. The summed E-state index contributed by atoms with van der Waals surface area (Å²) < 4.78 is 51.0. The zero-order chi connectivity index (χ0) is 27.9. The third kappa shape index (κ3) is 11.2. The van der Waals surface area contributed by atoms with Gasteiger partial charge in [-0.05, 0) is 43.0 Å². The van der Waals surface area contributed by atoms with Crippen molar-refractivity contribution in [2.45, 2.75) is 109 Å². The molecule has 1 saturated carbocycles. The molecule has 216 valence electrons. The van der Waals surface area contributed by atoms with Crippen LogP contribution in [0, 0.1) is 11.8 Å². The second-order valence-corrected chi connectivity index (χ2v) is 10.7. The Kier molecular flexibility index (Phi) is 13.0. The molecule has 0 radical (unpaired) electrons. The number of ether oxygens (including phenoxy) is 2. The van der Waals surface area contributed by atoms with Gasteiger partial charge in [0.05, 0.1) is 19.0 Å². The molecule has 0 bridgehead atoms. The smallest absolute Gasteiger partial charge is 0.402 e. The number of carbonyl (C=O) groups is 1. The quantitative estimate of drug-likeness (QED) is 0.112. The summed E-state index contributed by atoms with van der Waals surface area (Å²) in [5.41, 5.74) is 0.658. The van der Waals surface area contributed by atoms with E-state index in [0.717, 1.165) is 31.6 Å². The maximum absolute atomic E-state index is 13.4. The number of halogens is 3. The molecule has 1 atom stereocenters. The molecule has 1 heterocycles. The Morgan fingerprint density at radius 2 is 1.54 bits per heavy atom. The number of esters is 1. The minimum absolute atomic E-state index is 0.0602. The number of unbranched alkanes of at least 4 members (excludes halogenated alkanes) is 7. The topological polar surface area (TPSA) is 61.3 Å². The third-order valence-electron chi connectivity index (χ3n) is 7.49. The van der Waals surface area contributed by atoms with Crippen molar-refractivity contribution in [1.29, 1.82) is 0 Å². The second kappa shape index (κ2) is 16.5. The van der Waals surface area contributed by atoms with Crippen LogP contribution in [0.4, 0.5) is 13.2 Å². The van der Waals surface area contributed by atoms with E-state index in [9.17, 15) is 18.0 Å². The summed E-state index contributed by atoms with van der Waals surface area (Å²) in [5.74, 6) is -1.30. The summed E-state index contributed by atoms with van der Waals surface area (Å²) in [7, 11) is 0. The summed E-state index contributed by atoms with van der Waals surface area (Å²) in [6.45, 7) is 2.61. The van der Waals surface area contributed by atoms with E-state index in [0.29, 0.717) is 36.6 Å². The molecule has 0 spiro atoms. The number of benzene rings is 1. The molecule has 5 nitrogen and oxygen atoms in total. The SMILES string of the molecule is CCCCCC[C@H](C(=O)Oc1ccc(-c2ncc(OCCCCCCCC3CCCC3)cn2)cc1)C(F)(F)F. The number of carbonyl (C=O) groups excluding carboxylic acids is 1. The molecule has 1 aromatic heterocycles. The van der Waals surface area contributed by atoms with Crippen LogP contribution in [0.15, 0.2) is 36.7 Å². The Hall–Kier alpha value is -2.64. The summed E-state index contributed by atoms with van der Waals surface area (Å²) in [5, 5.41) is 0. The maximum atomic E-state index is 13.4. The molecular formula is C31H43F3N2O3. The first-order chi connectivity index (χ1) is 18.9. The van der Waals surface area contributed by atoms with Gasteiger partial charge in [-0.1, -0.05) is 90.4 Å². The Morgan fingerprint density at radius 1 is 0.897 bits per heavy atom. The zero-order valence-electron chi connectivity index (χ0n) is 23.2. The molecule has 1 aliphatic rings. The highest BCUT2D eigenvalue weighted by atomic mass is 19.4. The molecule has 0 saturated heterocycles. The van der Waals surface area contributed by atoms with Crippen molar-refractivity contribution in [2.24, 2.45) is 11.8 Å². The predicted molar refractivity (Wildman–Crippen MR) is 147 cm³/mol. The van der Waals surface area contributed by atoms with Crippen molar-refractivity contribution in [2.75, 3.05) is 6.61 Å². The van der Waals surface area contributed by atoms with Crippen LogP contribution < -0.4 is 9.47 Å². The van der Waals surface area contributed by atoms with E-state index < -0.39 is 18.1 Å². The van der Waals surface area contributed by atoms with Crippen LogP contribution in [0.3, 0.4) is 0 Å². The van der Waals surface area contributed by atoms with E-state index in [1.54, 1.807) is 24.5 Å². The van der Waals surface area contributed by atoms with E-state index >= 15 is 0 Å². The van der Waals surface area contributed by atoms with Crippen LogP contribution >= 0.6 is 0 Å². The molecular weight excluding hydrogens is 505 g/mol. The number of hydrogen-bond donors (Lipinski definition) is 0. The summed E-state index contributed by atoms with van der Waals surface area (Å²) in [6, 6.07) is 6.16. The minimum atomic E-state index is -4.63. The zero-order valence-corrected chi connectivity index (χ0v) is 23.2. The lowest BCUT2D eigenvalue weighted by atomic mass is 9.99. The van der Waals surface area contributed by atoms with Crippen molar-refractivity contribution < 1.29 is 27.4 Å². The maximum Gasteiger partial charge on any atom is 0.402 e. The van der Waals surface area contributed by atoms with Gasteiger partial charge in [0, 0.05) is 5.56 Å². The van der Waals surface area contributed by atoms with Gasteiger partial charge in [-0.3, -0.25) is 4.79 Å². The highest BCUT2D eigenvalue weighted by Crippen LogP contribution is 2.33. The fraction of sp³-hybridized carbons (Fsp3) is 0.645. The number of aromatic nitrogens is 2. The van der Waals surface area contributed by atoms with Crippen molar-refractivity contribution >= 4 is 5.97 Å². The largest absolute Gasteiger partial charge is 0.490 e. The minimum Gasteiger partial charge on any atom is -0.490 e. The average Bonchev–Trinajstić information content (AvgIpc) is 3.44. The molecule has 8 heteroatoms. The molecule has 1 fully saturated rings. The fourth-order valence-corrected chi connectivity index (χ4v) is 5.14. The first-order valence-electron chi connectivity index (χ1n) is 14.7. The van der Waals surface area contributed by atoms with Crippen LogP contribution in [-0.4, -0.2) is 28.7 Å². The van der Waals surface area contributed by atoms with Gasteiger partial charge in [-0.15, -0.1) is 0 Å². The van der Waals surface area contributed by atoms with Gasteiger partial charge in [0.15, 0.2) is 17.5 Å². The van der Waals surface area contributed by atoms with E-state index in [-0.39, 0.29) is 12.2 Å². The van der Waals surface area contributed by atoms with Crippen molar-refractivity contribution in [3.8, 4) is 22.9 Å². The molecule has 2 aromatic rings. The van der Waals surface area contributed by atoms with Crippen LogP contribution in [-0.2, 0) is 4.79 Å². The van der Waals surface area contributed by atoms with Crippen molar-refractivity contribution in [3.05, 3.63) is 36.7 Å². The van der Waals surface area contributed by atoms with Crippen LogP contribution in [0.1, 0.15) is 103 Å². The molecule has 39 heavy (non-hydrogen) atoms. The molecule has 0 N–H and O–H groups in total. The lowest BCUT2D eigenvalue weighted by molar-refractivity contribution is -0.193. The van der Waals surface area contributed by atoms with Crippen molar-refractivity contribution in [3.63, 3.8) is 0 Å². The van der Waals surface area contributed by atoms with Crippen molar-refractivity contribution in [1.82, 2.24) is 9.97 Å². The van der Waals surface area contributed by atoms with Gasteiger partial charge in [0.2, 0.25) is 0 Å². The van der Waals surface area contributed by atoms with Gasteiger partial charge in [-0.25, -0.2) is 9.97 Å². The van der Waals surface area contributed by atoms with Crippen LogP contribution in [0.2, 0.25) is 0 Å². The van der Waals surface area contributed by atoms with Gasteiger partial charge in [-0.2, -0.15) is 13.2 Å². The highest BCUT2D eigenvalue weighted by molar-refractivity contribution is 5.76. The van der Waals surface area contributed by atoms with Crippen LogP contribution in [0.5, 0.6) is 11.5 Å². The number of rotatable bonds is 17. The third-order valence-corrected chi connectivity index (χ3v) is 7.49. The molecule has 3 rings (SSSR count). The first kappa shape index (κ1) is 30.9. The van der Waals surface area contributed by atoms with Gasteiger partial charge < -0.3 is 9.47 Å². The van der Waals surface area contributed by atoms with Gasteiger partial charge in [0.25, 0.3) is 0 Å². The first-order valence-corrected chi connectivity index (χ1v) is 14.7. The van der Waals surface area contributed by atoms with Crippen LogP contribution in [0.25, 0.3) is 11.4 Å². The Labute approximate surface area is 230 Å². The molecule has 0 aliphatic heterocycles. The van der Waals surface area contributed by atoms with E-state index in [1.165, 1.54) is 63.5 Å². The summed E-state index contributed by atoms with van der Waals surface area (Å²) in [4.78, 5) is 20.9. The van der Waals surface area contributed by atoms with Gasteiger partial charge in [0.1, 0.15) is 5.75 Å². The lowest BCUT2D eigenvalue weighted by Crippen LogP contribution is -2.33. The average molecular weight is 549 g/mol. The monoisotopic (exact) mass is 548 g/mol. The standard InChI is InChI=1S/C31H43F3N2O3/c1-2-3-4-9-16-28(31(32,33)34)30(37)39-26-19-17-25(18-20-26)29-35-22-27(23-36-29)38-21-12-7-5-6-8-13-24-14-10-11-15-24/h17-20,22-24,28H,2-16,21H2,1H3/t28-/m1/s1. The molecule has 0 unspecified atom stereocenters. The van der Waals surface area contributed by atoms with E-state index in [4.69, 9.17) is 9.47 Å². The number of nitrogens with zero attached hydrogens (tertiary/aromatic N) is 2. The number of alkyl halides is 3. The van der Waals surface area contributed by atoms with E-state index in [1.807, 2.05) is 6.92 Å². The van der Waals surface area contributed by atoms with Gasteiger partial charge >= 0.3 is 12.1 Å². The normalized spacial score (nSPS) is 14.9. The Bertz CT molecular complexity index is 959. The Balaban J connectivity index is 1.38. The second-order valence-electron chi connectivity index (χ2n) is 10.7. The summed E-state index contributed by atoms with van der Waals surface area (Å²) in [6.07, 6.45) is 14.2. The van der Waals surface area contributed by atoms with E-state index in [2.05, 4.69) is 9.97 Å². The highest BCUT2D eigenvalue weighted by Gasteiger charge is 2.45. The molecule has 1 aromatic carbocycles. The Morgan fingerprint density at radius 3 is 2.21 bits per heavy atom. The molecule has 1 aliphatic carbocycles. The number of hydrogen-bond acceptors (Lipinski definition) is 5.